The molecule has 0 unspecified atom stereocenters. The minimum atomic E-state index is 0.237. The molecule has 0 fully saturated rings. The summed E-state index contributed by atoms with van der Waals surface area (Å²) in [5, 5.41) is 4.45. The van der Waals surface area contributed by atoms with Gasteiger partial charge in [0, 0.05) is 36.5 Å². The Morgan fingerprint density at radius 1 is 0.903 bits per heavy atom. The highest BCUT2D eigenvalue weighted by molar-refractivity contribution is 5.94. The molecule has 0 amide bonds. The molecule has 0 saturated carbocycles. The lowest BCUT2D eigenvalue weighted by Crippen LogP contribution is -2.12. The summed E-state index contributed by atoms with van der Waals surface area (Å²) in [4.78, 5) is 13.8. The van der Waals surface area contributed by atoms with Crippen LogP contribution in [-0.4, -0.2) is 41.3 Å². The maximum absolute atomic E-state index is 5.77. The van der Waals surface area contributed by atoms with Gasteiger partial charge in [0.2, 0.25) is 0 Å². The van der Waals surface area contributed by atoms with Crippen molar-refractivity contribution in [3.63, 3.8) is 0 Å². The molecule has 6 nitrogen and oxygen atoms in total. The van der Waals surface area contributed by atoms with Gasteiger partial charge >= 0.3 is 0 Å². The van der Waals surface area contributed by atoms with E-state index < -0.39 is 0 Å². The van der Waals surface area contributed by atoms with Crippen LogP contribution < -0.4 is 10.1 Å². The molecule has 6 heteroatoms. The average molecular weight is 415 g/mol. The first-order chi connectivity index (χ1) is 15.1. The molecule has 0 spiro atoms. The van der Waals surface area contributed by atoms with E-state index in [1.54, 1.807) is 19.5 Å². The Bertz CT molecular complexity index is 1160. The minimum absolute atomic E-state index is 0.237. The fourth-order valence-electron chi connectivity index (χ4n) is 3.32. The summed E-state index contributed by atoms with van der Waals surface area (Å²) in [5.74, 6) is 2.29. The van der Waals surface area contributed by atoms with E-state index in [0.29, 0.717) is 19.0 Å². The maximum atomic E-state index is 5.77. The first kappa shape index (κ1) is 20.8. The van der Waals surface area contributed by atoms with Crippen LogP contribution in [0.1, 0.15) is 13.8 Å². The quantitative estimate of drug-likeness (QED) is 0.400. The Labute approximate surface area is 182 Å². The van der Waals surface area contributed by atoms with E-state index in [9.17, 15) is 0 Å². The maximum Gasteiger partial charge on any atom is 0.163 e. The Balaban J connectivity index is 1.75. The summed E-state index contributed by atoms with van der Waals surface area (Å²) in [6.45, 7) is 5.27. The molecule has 0 aliphatic heterocycles. The number of aromatic nitrogens is 3. The molecule has 0 atom stereocenters. The molecule has 2 heterocycles. The molecule has 0 radical (unpaired) electrons. The van der Waals surface area contributed by atoms with E-state index >= 15 is 0 Å². The highest BCUT2D eigenvalue weighted by Crippen LogP contribution is 2.31. The largest absolute Gasteiger partial charge is 0.491 e. The number of anilines is 1. The van der Waals surface area contributed by atoms with Gasteiger partial charge in [-0.1, -0.05) is 18.2 Å². The highest BCUT2D eigenvalue weighted by atomic mass is 16.5. The number of nitrogens with one attached hydrogen (secondary N) is 1. The van der Waals surface area contributed by atoms with Crippen LogP contribution in [0.15, 0.2) is 67.0 Å². The number of hydrogen-bond donors (Lipinski definition) is 1. The van der Waals surface area contributed by atoms with E-state index in [2.05, 4.69) is 42.3 Å². The van der Waals surface area contributed by atoms with Crippen LogP contribution in [0.4, 0.5) is 5.82 Å². The van der Waals surface area contributed by atoms with Crippen LogP contribution in [-0.2, 0) is 4.74 Å². The van der Waals surface area contributed by atoms with Gasteiger partial charge < -0.3 is 14.8 Å². The van der Waals surface area contributed by atoms with E-state index in [0.717, 1.165) is 39.2 Å². The van der Waals surface area contributed by atoms with E-state index in [4.69, 9.17) is 19.4 Å². The van der Waals surface area contributed by atoms with Crippen LogP contribution >= 0.6 is 0 Å². The second-order valence-electron chi connectivity index (χ2n) is 7.54. The fourth-order valence-corrected chi connectivity index (χ4v) is 3.32. The summed E-state index contributed by atoms with van der Waals surface area (Å²) >= 11 is 0. The lowest BCUT2D eigenvalue weighted by Gasteiger charge is -2.14. The number of rotatable bonds is 8. The van der Waals surface area contributed by atoms with Crippen molar-refractivity contribution in [3.8, 4) is 28.3 Å². The Morgan fingerprint density at radius 3 is 2.52 bits per heavy atom. The number of methoxy groups -OCH3 is 1. The highest BCUT2D eigenvalue weighted by Gasteiger charge is 2.12. The van der Waals surface area contributed by atoms with Crippen molar-refractivity contribution in [3.05, 3.63) is 67.0 Å². The number of hydrogen-bond acceptors (Lipinski definition) is 6. The number of nitrogens with zero attached hydrogens (tertiary/aromatic N) is 3. The number of benzene rings is 2. The summed E-state index contributed by atoms with van der Waals surface area (Å²) in [6.07, 6.45) is 3.53. The Hall–Kier alpha value is -3.51. The molecule has 4 aromatic rings. The van der Waals surface area contributed by atoms with Gasteiger partial charge in [0.15, 0.2) is 5.82 Å². The second-order valence-corrected chi connectivity index (χ2v) is 7.54. The standard InChI is InChI=1S/C25H26N4O2/c1-17(2)27-25-22-15-19(18-6-4-8-21(14-18)31-13-12-30-3)9-10-23(22)28-24(29-25)20-7-5-11-26-16-20/h4-11,14-17H,12-13H2,1-3H3,(H,27,28,29). The smallest absolute Gasteiger partial charge is 0.163 e. The predicted octanol–water partition coefficient (Wildman–Crippen LogP) is 5.20. The van der Waals surface area contributed by atoms with E-state index in [1.165, 1.54) is 0 Å². The zero-order chi connectivity index (χ0) is 21.6. The summed E-state index contributed by atoms with van der Waals surface area (Å²) in [7, 11) is 1.67. The average Bonchev–Trinajstić information content (AvgIpc) is 2.79. The Morgan fingerprint density at radius 2 is 1.74 bits per heavy atom. The van der Waals surface area contributed by atoms with E-state index in [-0.39, 0.29) is 6.04 Å². The normalized spacial score (nSPS) is 11.1. The van der Waals surface area contributed by atoms with E-state index in [1.807, 2.05) is 36.4 Å². The summed E-state index contributed by atoms with van der Waals surface area (Å²) < 4.78 is 10.8. The molecular formula is C25H26N4O2. The topological polar surface area (TPSA) is 69.2 Å². The SMILES string of the molecule is COCCOc1cccc(-c2ccc3nc(-c4cccnc4)nc(NC(C)C)c3c2)c1. The molecule has 0 saturated heterocycles. The van der Waals surface area contributed by atoms with Crippen molar-refractivity contribution < 1.29 is 9.47 Å². The second kappa shape index (κ2) is 9.53. The van der Waals surface area contributed by atoms with Gasteiger partial charge in [-0.25, -0.2) is 9.97 Å². The molecule has 2 aromatic carbocycles. The third-order valence-corrected chi connectivity index (χ3v) is 4.76. The van der Waals surface area contributed by atoms with Crippen LogP contribution in [0.2, 0.25) is 0 Å². The van der Waals surface area contributed by atoms with Crippen molar-refractivity contribution in [2.75, 3.05) is 25.6 Å². The lowest BCUT2D eigenvalue weighted by molar-refractivity contribution is 0.146. The fraction of sp³-hybridized carbons (Fsp3) is 0.240. The summed E-state index contributed by atoms with van der Waals surface area (Å²) in [6, 6.07) is 18.4. The lowest BCUT2D eigenvalue weighted by atomic mass is 10.0. The van der Waals surface area contributed by atoms with Crippen molar-refractivity contribution in [1.82, 2.24) is 15.0 Å². The number of fused-ring (bicyclic) bond motifs is 1. The van der Waals surface area contributed by atoms with Gasteiger partial charge in [-0.2, -0.15) is 0 Å². The van der Waals surface area contributed by atoms with Crippen LogP contribution in [0.5, 0.6) is 5.75 Å². The van der Waals surface area contributed by atoms with Crippen LogP contribution in [0, 0.1) is 0 Å². The molecule has 158 valence electrons. The van der Waals surface area contributed by atoms with Gasteiger partial charge in [-0.3, -0.25) is 4.98 Å². The number of pyridine rings is 1. The minimum Gasteiger partial charge on any atom is -0.491 e. The molecule has 0 aliphatic rings. The van der Waals surface area contributed by atoms with Gasteiger partial charge in [0.25, 0.3) is 0 Å². The third-order valence-electron chi connectivity index (χ3n) is 4.76. The molecule has 0 bridgehead atoms. The summed E-state index contributed by atoms with van der Waals surface area (Å²) in [5.41, 5.74) is 3.92. The first-order valence-electron chi connectivity index (χ1n) is 10.3. The molecule has 4 rings (SSSR count). The zero-order valence-corrected chi connectivity index (χ0v) is 18.0. The first-order valence-corrected chi connectivity index (χ1v) is 10.3. The molecule has 0 aliphatic carbocycles. The van der Waals surface area contributed by atoms with Crippen molar-refractivity contribution in [2.45, 2.75) is 19.9 Å². The van der Waals surface area contributed by atoms with Crippen molar-refractivity contribution in [2.24, 2.45) is 0 Å². The van der Waals surface area contributed by atoms with Gasteiger partial charge in [0.1, 0.15) is 18.2 Å². The molecule has 1 N–H and O–H groups in total. The van der Waals surface area contributed by atoms with Crippen molar-refractivity contribution >= 4 is 16.7 Å². The zero-order valence-electron chi connectivity index (χ0n) is 18.0. The number of ether oxygens (including phenoxy) is 2. The predicted molar refractivity (Wildman–Crippen MR) is 124 cm³/mol. The molecule has 31 heavy (non-hydrogen) atoms. The van der Waals surface area contributed by atoms with Gasteiger partial charge in [-0.05, 0) is 61.4 Å². The van der Waals surface area contributed by atoms with Crippen LogP contribution in [0.25, 0.3) is 33.4 Å². The van der Waals surface area contributed by atoms with Gasteiger partial charge in [-0.15, -0.1) is 0 Å². The van der Waals surface area contributed by atoms with Crippen molar-refractivity contribution in [1.29, 1.82) is 0 Å². The Kier molecular flexibility index (Phi) is 6.38. The third kappa shape index (κ3) is 4.98. The molecule has 2 aromatic heterocycles. The monoisotopic (exact) mass is 414 g/mol. The van der Waals surface area contributed by atoms with Gasteiger partial charge in [0.05, 0.1) is 12.1 Å². The van der Waals surface area contributed by atoms with Crippen LogP contribution in [0.3, 0.4) is 0 Å². The molecular weight excluding hydrogens is 388 g/mol.